The fourth-order valence-electron chi connectivity index (χ4n) is 1.42. The number of ether oxygens (including phenoxy) is 1. The van der Waals surface area contributed by atoms with Gasteiger partial charge in [0.15, 0.2) is 5.58 Å². The van der Waals surface area contributed by atoms with E-state index in [2.05, 4.69) is 9.72 Å². The molecule has 0 amide bonds. The molecular formula is C11H11ClN2O3S. The highest BCUT2D eigenvalue weighted by Crippen LogP contribution is 2.34. The van der Waals surface area contributed by atoms with Gasteiger partial charge in [-0.25, -0.2) is 0 Å². The highest BCUT2D eigenvalue weighted by atomic mass is 35.5. The van der Waals surface area contributed by atoms with E-state index in [9.17, 15) is 4.79 Å². The number of carbonyl (C=O) groups is 1. The number of carbonyl (C=O) groups excluding carboxylic acids is 1. The number of aromatic nitrogens is 1. The predicted molar refractivity (Wildman–Crippen MR) is 70.8 cm³/mol. The Bertz CT molecular complexity index is 585. The number of nitrogen functional groups attached to an aromatic ring is 1. The molecule has 96 valence electrons. The lowest BCUT2D eigenvalue weighted by Gasteiger charge is -2.03. The van der Waals surface area contributed by atoms with Crippen molar-refractivity contribution in [2.75, 3.05) is 18.6 Å². The smallest absolute Gasteiger partial charge is 0.306 e. The van der Waals surface area contributed by atoms with Crippen LogP contribution in [0.1, 0.15) is 6.42 Å². The molecular weight excluding hydrogens is 276 g/mol. The predicted octanol–water partition coefficient (Wildman–Crippen LogP) is 2.72. The number of thioether (sulfide) groups is 1. The van der Waals surface area contributed by atoms with Crippen molar-refractivity contribution >= 4 is 46.4 Å². The summed E-state index contributed by atoms with van der Waals surface area (Å²) in [4.78, 5) is 15.8. The monoisotopic (exact) mass is 286 g/mol. The number of methoxy groups -OCH3 is 1. The van der Waals surface area contributed by atoms with Gasteiger partial charge in [0.1, 0.15) is 5.52 Å². The van der Waals surface area contributed by atoms with Crippen molar-refractivity contribution in [3.8, 4) is 0 Å². The van der Waals surface area contributed by atoms with Crippen molar-refractivity contribution in [1.82, 2.24) is 4.98 Å². The Morgan fingerprint density at radius 3 is 3.11 bits per heavy atom. The van der Waals surface area contributed by atoms with Crippen molar-refractivity contribution in [1.29, 1.82) is 0 Å². The number of anilines is 1. The molecule has 0 aliphatic heterocycles. The number of hydrogen-bond acceptors (Lipinski definition) is 6. The van der Waals surface area contributed by atoms with Gasteiger partial charge in [-0.2, -0.15) is 4.98 Å². The molecule has 0 radical (unpaired) electrons. The Morgan fingerprint density at radius 1 is 1.61 bits per heavy atom. The zero-order chi connectivity index (χ0) is 13.1. The van der Waals surface area contributed by atoms with Crippen LogP contribution in [0.5, 0.6) is 0 Å². The first-order valence-corrected chi connectivity index (χ1v) is 6.52. The van der Waals surface area contributed by atoms with Crippen LogP contribution in [0, 0.1) is 0 Å². The third kappa shape index (κ3) is 2.70. The third-order valence-corrected chi connectivity index (χ3v) is 3.82. The van der Waals surface area contributed by atoms with Crippen molar-refractivity contribution in [2.45, 2.75) is 11.3 Å². The number of halogens is 1. The Labute approximate surface area is 113 Å². The average Bonchev–Trinajstić information content (AvgIpc) is 2.73. The van der Waals surface area contributed by atoms with Crippen molar-refractivity contribution in [3.05, 3.63) is 17.2 Å². The van der Waals surface area contributed by atoms with Crippen LogP contribution >= 0.6 is 23.4 Å². The first-order valence-electron chi connectivity index (χ1n) is 5.16. The van der Waals surface area contributed by atoms with E-state index in [-0.39, 0.29) is 12.0 Å². The van der Waals surface area contributed by atoms with Crippen molar-refractivity contribution < 1.29 is 13.9 Å². The summed E-state index contributed by atoms with van der Waals surface area (Å²) in [5, 5.41) is 0.464. The van der Waals surface area contributed by atoms with Gasteiger partial charge in [0.2, 0.25) is 0 Å². The maximum atomic E-state index is 11.0. The number of nitrogens with zero attached hydrogens (tertiary/aromatic N) is 1. The van der Waals surface area contributed by atoms with Crippen LogP contribution in [0.4, 0.5) is 6.01 Å². The second-order valence-electron chi connectivity index (χ2n) is 3.45. The fraction of sp³-hybridized carbons (Fsp3) is 0.273. The van der Waals surface area contributed by atoms with Gasteiger partial charge >= 0.3 is 5.97 Å². The van der Waals surface area contributed by atoms with E-state index in [0.717, 1.165) is 4.90 Å². The van der Waals surface area contributed by atoms with Gasteiger partial charge in [-0.3, -0.25) is 4.79 Å². The fourth-order valence-corrected chi connectivity index (χ4v) is 2.65. The second kappa shape index (κ2) is 5.49. The summed E-state index contributed by atoms with van der Waals surface area (Å²) >= 11 is 7.63. The van der Waals surface area contributed by atoms with E-state index >= 15 is 0 Å². The highest BCUT2D eigenvalue weighted by Gasteiger charge is 2.12. The summed E-state index contributed by atoms with van der Waals surface area (Å²) in [7, 11) is 1.36. The van der Waals surface area contributed by atoms with E-state index in [4.69, 9.17) is 21.8 Å². The Kier molecular flexibility index (Phi) is 3.98. The Balaban J connectivity index is 2.13. The summed E-state index contributed by atoms with van der Waals surface area (Å²) < 4.78 is 9.78. The van der Waals surface area contributed by atoms with Gasteiger partial charge < -0.3 is 14.9 Å². The molecule has 0 unspecified atom stereocenters. The van der Waals surface area contributed by atoms with Gasteiger partial charge in [-0.15, -0.1) is 11.8 Å². The number of esters is 1. The molecule has 2 aromatic rings. The summed E-state index contributed by atoms with van der Waals surface area (Å²) in [6.45, 7) is 0. The molecule has 5 nitrogen and oxygen atoms in total. The molecule has 18 heavy (non-hydrogen) atoms. The van der Waals surface area contributed by atoms with Crippen LogP contribution in [-0.4, -0.2) is 23.8 Å². The van der Waals surface area contributed by atoms with E-state index in [1.807, 2.05) is 6.07 Å². The zero-order valence-electron chi connectivity index (χ0n) is 9.60. The lowest BCUT2D eigenvalue weighted by Crippen LogP contribution is -2.00. The highest BCUT2D eigenvalue weighted by molar-refractivity contribution is 7.99. The molecule has 7 heteroatoms. The SMILES string of the molecule is COC(=O)CCSc1ccc2nc(N)oc2c1Cl. The number of oxazole rings is 1. The first kappa shape index (κ1) is 13.0. The van der Waals surface area contributed by atoms with Crippen molar-refractivity contribution in [2.24, 2.45) is 0 Å². The summed E-state index contributed by atoms with van der Waals surface area (Å²) in [6, 6.07) is 3.69. The lowest BCUT2D eigenvalue weighted by molar-refractivity contribution is -0.140. The molecule has 0 saturated carbocycles. The van der Waals surface area contributed by atoms with Crippen LogP contribution < -0.4 is 5.73 Å². The van der Waals surface area contributed by atoms with E-state index in [1.54, 1.807) is 6.07 Å². The van der Waals surface area contributed by atoms with Gasteiger partial charge in [0.25, 0.3) is 6.01 Å². The lowest BCUT2D eigenvalue weighted by atomic mass is 10.3. The first-order chi connectivity index (χ1) is 8.61. The molecule has 0 aliphatic carbocycles. The molecule has 1 aromatic heterocycles. The zero-order valence-corrected chi connectivity index (χ0v) is 11.2. The summed E-state index contributed by atoms with van der Waals surface area (Å²) in [5.74, 6) is 0.338. The summed E-state index contributed by atoms with van der Waals surface area (Å²) in [5.41, 5.74) is 6.55. The van der Waals surface area contributed by atoms with Gasteiger partial charge in [0.05, 0.1) is 18.6 Å². The molecule has 0 saturated heterocycles. The van der Waals surface area contributed by atoms with Gasteiger partial charge in [-0.05, 0) is 12.1 Å². The average molecular weight is 287 g/mol. The second-order valence-corrected chi connectivity index (χ2v) is 4.97. The minimum absolute atomic E-state index is 0.0867. The molecule has 2 rings (SSSR count). The Morgan fingerprint density at radius 2 is 2.39 bits per heavy atom. The summed E-state index contributed by atoms with van der Waals surface area (Å²) in [6.07, 6.45) is 0.327. The standard InChI is InChI=1S/C11H11ClN2O3S/c1-16-8(15)4-5-18-7-3-2-6-10(9(7)12)17-11(13)14-6/h2-3H,4-5H2,1H3,(H2,13,14). The van der Waals surface area contributed by atoms with Gasteiger partial charge in [0, 0.05) is 10.6 Å². The molecule has 0 atom stereocenters. The van der Waals surface area contributed by atoms with Crippen molar-refractivity contribution in [3.63, 3.8) is 0 Å². The topological polar surface area (TPSA) is 78.3 Å². The number of rotatable bonds is 4. The van der Waals surface area contributed by atoms with E-state index in [0.29, 0.717) is 28.3 Å². The number of hydrogen-bond donors (Lipinski definition) is 1. The minimum Gasteiger partial charge on any atom is -0.469 e. The molecule has 0 spiro atoms. The normalized spacial score (nSPS) is 10.8. The van der Waals surface area contributed by atoms with Crippen LogP contribution in [0.25, 0.3) is 11.1 Å². The number of fused-ring (bicyclic) bond motifs is 1. The van der Waals surface area contributed by atoms with Crippen LogP contribution in [0.15, 0.2) is 21.4 Å². The molecule has 0 fully saturated rings. The third-order valence-electron chi connectivity index (χ3n) is 2.27. The molecule has 2 N–H and O–H groups in total. The van der Waals surface area contributed by atoms with E-state index in [1.165, 1.54) is 18.9 Å². The number of nitrogens with two attached hydrogens (primary N) is 1. The number of benzene rings is 1. The van der Waals surface area contributed by atoms with E-state index < -0.39 is 0 Å². The van der Waals surface area contributed by atoms with Crippen LogP contribution in [-0.2, 0) is 9.53 Å². The minimum atomic E-state index is -0.247. The maximum Gasteiger partial charge on any atom is 0.306 e. The molecule has 1 aromatic carbocycles. The largest absolute Gasteiger partial charge is 0.469 e. The molecule has 0 bridgehead atoms. The Hall–Kier alpha value is -1.40. The molecule has 0 aliphatic rings. The quantitative estimate of drug-likeness (QED) is 0.688. The maximum absolute atomic E-state index is 11.0. The van der Waals surface area contributed by atoms with Crippen LogP contribution in [0.2, 0.25) is 5.02 Å². The van der Waals surface area contributed by atoms with Gasteiger partial charge in [-0.1, -0.05) is 11.6 Å². The molecule has 1 heterocycles. The van der Waals surface area contributed by atoms with Crippen LogP contribution in [0.3, 0.4) is 0 Å².